The van der Waals surface area contributed by atoms with Crippen molar-refractivity contribution in [3.05, 3.63) is 38.3 Å². The quantitative estimate of drug-likeness (QED) is 0.613. The molecule has 0 aliphatic heterocycles. The number of pyridine rings is 1. The molecule has 1 atom stereocenters. The molecule has 0 N–H and O–H groups in total. The zero-order valence-corrected chi connectivity index (χ0v) is 10.8. The van der Waals surface area contributed by atoms with Crippen molar-refractivity contribution in [1.82, 2.24) is 4.57 Å². The molecule has 1 aliphatic carbocycles. The number of rotatable bonds is 4. The highest BCUT2D eigenvalue weighted by atomic mass is 16.6. The number of nitro groups is 1. The summed E-state index contributed by atoms with van der Waals surface area (Å²) in [6.45, 7) is 1.90. The molecule has 0 aromatic carbocycles. The zero-order chi connectivity index (χ0) is 14.0. The van der Waals surface area contributed by atoms with E-state index in [1.807, 2.05) is 0 Å². The van der Waals surface area contributed by atoms with Crippen LogP contribution in [0.1, 0.15) is 31.2 Å². The Bertz CT molecular complexity index is 576. The number of nitrogens with zero attached hydrogens (tertiary/aromatic N) is 2. The molecule has 6 nitrogen and oxygen atoms in total. The van der Waals surface area contributed by atoms with Gasteiger partial charge in [0.1, 0.15) is 5.78 Å². The average molecular weight is 264 g/mol. The molecule has 19 heavy (non-hydrogen) atoms. The summed E-state index contributed by atoms with van der Waals surface area (Å²) in [6, 6.07) is 1.27. The summed E-state index contributed by atoms with van der Waals surface area (Å²) in [7, 11) is 0. The standard InChI is InChI=1S/C13H16N2O4/c1-9-7-13(17)14(8-11(9)15(18)19)6-5-10-3-2-4-12(10)16/h7-8,10H,2-6H2,1H3. The van der Waals surface area contributed by atoms with E-state index in [2.05, 4.69) is 0 Å². The molecular formula is C13H16N2O4. The number of aryl methyl sites for hydroxylation is 2. The molecule has 102 valence electrons. The van der Waals surface area contributed by atoms with Gasteiger partial charge in [-0.3, -0.25) is 19.7 Å². The van der Waals surface area contributed by atoms with Gasteiger partial charge in [-0.05, 0) is 26.2 Å². The average Bonchev–Trinajstić information content (AvgIpc) is 2.73. The SMILES string of the molecule is Cc1cc(=O)n(CCC2CCCC2=O)cc1[N+](=O)[O-]. The van der Waals surface area contributed by atoms with Gasteiger partial charge in [0.15, 0.2) is 0 Å². The molecule has 2 rings (SSSR count). The van der Waals surface area contributed by atoms with Crippen LogP contribution in [0.5, 0.6) is 0 Å². The summed E-state index contributed by atoms with van der Waals surface area (Å²) in [5.41, 5.74) is 0.0501. The second-order valence-corrected chi connectivity index (χ2v) is 4.97. The van der Waals surface area contributed by atoms with E-state index in [0.29, 0.717) is 24.9 Å². The van der Waals surface area contributed by atoms with Gasteiger partial charge in [0.05, 0.1) is 11.1 Å². The fraction of sp³-hybridized carbons (Fsp3) is 0.538. The fourth-order valence-corrected chi connectivity index (χ4v) is 2.51. The Hall–Kier alpha value is -1.98. The van der Waals surface area contributed by atoms with Crippen molar-refractivity contribution < 1.29 is 9.72 Å². The van der Waals surface area contributed by atoms with Gasteiger partial charge in [0.2, 0.25) is 0 Å². The molecule has 1 aliphatic rings. The minimum absolute atomic E-state index is 0.00672. The van der Waals surface area contributed by atoms with Gasteiger partial charge < -0.3 is 4.57 Å². The van der Waals surface area contributed by atoms with Crippen molar-refractivity contribution in [3.63, 3.8) is 0 Å². The molecule has 1 heterocycles. The van der Waals surface area contributed by atoms with E-state index >= 15 is 0 Å². The molecule has 1 fully saturated rings. The van der Waals surface area contributed by atoms with E-state index in [1.165, 1.54) is 16.8 Å². The second-order valence-electron chi connectivity index (χ2n) is 4.97. The van der Waals surface area contributed by atoms with E-state index in [-0.39, 0.29) is 22.9 Å². The smallest absolute Gasteiger partial charge is 0.288 e. The maximum absolute atomic E-state index is 11.8. The third kappa shape index (κ3) is 2.89. The predicted octanol–water partition coefficient (Wildman–Crippen LogP) is 1.82. The Kier molecular flexibility index (Phi) is 3.78. The highest BCUT2D eigenvalue weighted by Gasteiger charge is 2.24. The fourth-order valence-electron chi connectivity index (χ4n) is 2.51. The van der Waals surface area contributed by atoms with E-state index in [4.69, 9.17) is 0 Å². The molecule has 0 saturated heterocycles. The largest absolute Gasteiger partial charge is 0.309 e. The summed E-state index contributed by atoms with van der Waals surface area (Å²) >= 11 is 0. The Morgan fingerprint density at radius 3 is 2.79 bits per heavy atom. The maximum atomic E-state index is 11.8. The van der Waals surface area contributed by atoms with Crippen molar-refractivity contribution in [2.24, 2.45) is 5.92 Å². The number of aromatic nitrogens is 1. The predicted molar refractivity (Wildman–Crippen MR) is 69.1 cm³/mol. The summed E-state index contributed by atoms with van der Waals surface area (Å²) in [5.74, 6) is 0.252. The Morgan fingerprint density at radius 2 is 2.21 bits per heavy atom. The molecule has 1 unspecified atom stereocenters. The van der Waals surface area contributed by atoms with Gasteiger partial charge in [-0.2, -0.15) is 0 Å². The van der Waals surface area contributed by atoms with Gasteiger partial charge in [0.25, 0.3) is 11.2 Å². The lowest BCUT2D eigenvalue weighted by atomic mass is 10.0. The highest BCUT2D eigenvalue weighted by molar-refractivity contribution is 5.82. The van der Waals surface area contributed by atoms with Crippen LogP contribution in [-0.4, -0.2) is 15.3 Å². The van der Waals surface area contributed by atoms with Crippen LogP contribution in [0.3, 0.4) is 0 Å². The second kappa shape index (κ2) is 5.34. The number of Topliss-reactive ketones (excluding diaryl/α,β-unsaturated/α-hetero) is 1. The van der Waals surface area contributed by atoms with Gasteiger partial charge in [-0.15, -0.1) is 0 Å². The Morgan fingerprint density at radius 1 is 1.47 bits per heavy atom. The lowest BCUT2D eigenvalue weighted by Crippen LogP contribution is -2.22. The zero-order valence-electron chi connectivity index (χ0n) is 10.8. The normalized spacial score (nSPS) is 18.8. The molecule has 6 heteroatoms. The number of carbonyl (C=O) groups excluding carboxylic acids is 1. The van der Waals surface area contributed by atoms with E-state index in [9.17, 15) is 19.7 Å². The lowest BCUT2D eigenvalue weighted by molar-refractivity contribution is -0.385. The first-order chi connectivity index (χ1) is 8.99. The Labute approximate surface area is 110 Å². The third-order valence-corrected chi connectivity index (χ3v) is 3.65. The lowest BCUT2D eigenvalue weighted by Gasteiger charge is -2.10. The molecule has 0 amide bonds. The van der Waals surface area contributed by atoms with Gasteiger partial charge >= 0.3 is 0 Å². The maximum Gasteiger partial charge on any atom is 0.288 e. The number of carbonyl (C=O) groups is 1. The van der Waals surface area contributed by atoms with Crippen LogP contribution in [0.2, 0.25) is 0 Å². The van der Waals surface area contributed by atoms with E-state index in [0.717, 1.165) is 12.8 Å². The van der Waals surface area contributed by atoms with E-state index < -0.39 is 4.92 Å². The number of hydrogen-bond donors (Lipinski definition) is 0. The van der Waals surface area contributed by atoms with Gasteiger partial charge in [-0.25, -0.2) is 0 Å². The molecule has 1 aromatic heterocycles. The molecule has 0 spiro atoms. The molecule has 0 radical (unpaired) electrons. The first-order valence-corrected chi connectivity index (χ1v) is 6.37. The topological polar surface area (TPSA) is 82.2 Å². The monoisotopic (exact) mass is 264 g/mol. The van der Waals surface area contributed by atoms with Crippen LogP contribution in [0.4, 0.5) is 5.69 Å². The van der Waals surface area contributed by atoms with E-state index in [1.54, 1.807) is 6.92 Å². The van der Waals surface area contributed by atoms with Crippen molar-refractivity contribution in [2.75, 3.05) is 0 Å². The summed E-state index contributed by atoms with van der Waals surface area (Å²) < 4.78 is 1.33. The molecule has 1 aromatic rings. The minimum Gasteiger partial charge on any atom is -0.309 e. The van der Waals surface area contributed by atoms with Crippen molar-refractivity contribution in [1.29, 1.82) is 0 Å². The first kappa shape index (κ1) is 13.5. The van der Waals surface area contributed by atoms with Crippen LogP contribution >= 0.6 is 0 Å². The van der Waals surface area contributed by atoms with Crippen LogP contribution in [0, 0.1) is 23.0 Å². The minimum atomic E-state index is -0.494. The summed E-state index contributed by atoms with van der Waals surface area (Å²) in [5, 5.41) is 10.8. The van der Waals surface area contributed by atoms with Crippen LogP contribution in [0.15, 0.2) is 17.1 Å². The van der Waals surface area contributed by atoms with Crippen LogP contribution < -0.4 is 5.56 Å². The molecule has 1 saturated carbocycles. The summed E-state index contributed by atoms with van der Waals surface area (Å²) in [4.78, 5) is 33.6. The van der Waals surface area contributed by atoms with Crippen LogP contribution in [0.25, 0.3) is 0 Å². The van der Waals surface area contributed by atoms with Crippen molar-refractivity contribution >= 4 is 11.5 Å². The highest BCUT2D eigenvalue weighted by Crippen LogP contribution is 2.24. The van der Waals surface area contributed by atoms with Crippen molar-refractivity contribution in [2.45, 2.75) is 39.2 Å². The van der Waals surface area contributed by atoms with Crippen LogP contribution in [-0.2, 0) is 11.3 Å². The first-order valence-electron chi connectivity index (χ1n) is 6.37. The third-order valence-electron chi connectivity index (χ3n) is 3.65. The number of ketones is 1. The van der Waals surface area contributed by atoms with Gasteiger partial charge in [-0.1, -0.05) is 0 Å². The summed E-state index contributed by atoms with van der Waals surface area (Å²) in [6.07, 6.45) is 4.25. The van der Waals surface area contributed by atoms with Crippen molar-refractivity contribution in [3.8, 4) is 0 Å². The van der Waals surface area contributed by atoms with Gasteiger partial charge in [0, 0.05) is 30.5 Å². The molecule has 0 bridgehead atoms. The number of hydrogen-bond acceptors (Lipinski definition) is 4. The molecular weight excluding hydrogens is 248 g/mol. The Balaban J connectivity index is 2.16.